The highest BCUT2D eigenvalue weighted by Crippen LogP contribution is 2.44. The van der Waals surface area contributed by atoms with Gasteiger partial charge in [0.2, 0.25) is 0 Å². The zero-order chi connectivity index (χ0) is 22.5. The van der Waals surface area contributed by atoms with Gasteiger partial charge in [0.25, 0.3) is 0 Å². The maximum absolute atomic E-state index is 13.3. The second-order valence-corrected chi connectivity index (χ2v) is 9.14. The lowest BCUT2D eigenvalue weighted by Gasteiger charge is -2.40. The molecule has 1 aliphatic heterocycles. The summed E-state index contributed by atoms with van der Waals surface area (Å²) in [6.45, 7) is 7.91. The first-order valence-corrected chi connectivity index (χ1v) is 10.6. The summed E-state index contributed by atoms with van der Waals surface area (Å²) in [4.78, 5) is 6.14. The SMILES string of the molecule is CC(C)n1nc(-c2cnc(N)c(C(F)(F)F)c2)cc1[C@H]1CC(N2CC(C#N)C2)C[C@@H]1C. The van der Waals surface area contributed by atoms with Crippen LogP contribution in [0.15, 0.2) is 18.3 Å². The Morgan fingerprint density at radius 3 is 2.55 bits per heavy atom. The second kappa shape index (κ2) is 7.83. The Labute approximate surface area is 179 Å². The van der Waals surface area contributed by atoms with E-state index in [2.05, 4.69) is 28.0 Å². The molecule has 3 atom stereocenters. The number of nitrogens with zero attached hydrogens (tertiary/aromatic N) is 5. The highest BCUT2D eigenvalue weighted by atomic mass is 19.4. The van der Waals surface area contributed by atoms with E-state index in [0.717, 1.165) is 37.7 Å². The number of likely N-dealkylation sites (tertiary alicyclic amines) is 1. The lowest BCUT2D eigenvalue weighted by Crippen LogP contribution is -2.50. The van der Waals surface area contributed by atoms with Gasteiger partial charge in [-0.15, -0.1) is 0 Å². The maximum Gasteiger partial charge on any atom is 0.419 e. The molecule has 1 aliphatic carbocycles. The summed E-state index contributed by atoms with van der Waals surface area (Å²) in [5.74, 6) is 0.280. The van der Waals surface area contributed by atoms with Crippen LogP contribution in [0.5, 0.6) is 0 Å². The molecule has 2 aromatic rings. The Morgan fingerprint density at radius 2 is 1.94 bits per heavy atom. The maximum atomic E-state index is 13.3. The number of anilines is 1. The van der Waals surface area contributed by atoms with Crippen LogP contribution in [0.3, 0.4) is 0 Å². The number of rotatable bonds is 4. The molecule has 31 heavy (non-hydrogen) atoms. The van der Waals surface area contributed by atoms with Crippen molar-refractivity contribution >= 4 is 5.82 Å². The average molecular weight is 432 g/mol. The smallest absolute Gasteiger partial charge is 0.383 e. The minimum atomic E-state index is -4.57. The molecule has 0 bridgehead atoms. The molecule has 3 heterocycles. The van der Waals surface area contributed by atoms with Gasteiger partial charge in [-0.3, -0.25) is 9.58 Å². The van der Waals surface area contributed by atoms with E-state index in [1.54, 1.807) is 0 Å². The highest BCUT2D eigenvalue weighted by molar-refractivity contribution is 5.63. The van der Waals surface area contributed by atoms with Crippen LogP contribution in [-0.2, 0) is 6.18 Å². The van der Waals surface area contributed by atoms with E-state index < -0.39 is 17.6 Å². The number of pyridine rings is 1. The van der Waals surface area contributed by atoms with Crippen molar-refractivity contribution in [1.29, 1.82) is 5.26 Å². The second-order valence-electron chi connectivity index (χ2n) is 9.14. The van der Waals surface area contributed by atoms with Crippen LogP contribution in [0.1, 0.15) is 56.8 Å². The lowest BCUT2D eigenvalue weighted by atomic mass is 9.93. The van der Waals surface area contributed by atoms with Gasteiger partial charge in [-0.2, -0.15) is 23.5 Å². The third-order valence-electron chi connectivity index (χ3n) is 6.62. The monoisotopic (exact) mass is 432 g/mol. The molecule has 2 fully saturated rings. The number of hydrogen-bond acceptors (Lipinski definition) is 5. The number of aromatic nitrogens is 3. The van der Waals surface area contributed by atoms with Crippen LogP contribution in [-0.4, -0.2) is 38.8 Å². The zero-order valence-electron chi connectivity index (χ0n) is 17.9. The molecule has 1 saturated heterocycles. The normalized spacial score (nSPS) is 25.0. The number of nitrogen functional groups attached to an aromatic ring is 1. The van der Waals surface area contributed by atoms with Gasteiger partial charge in [0, 0.05) is 48.5 Å². The Hall–Kier alpha value is -2.60. The molecule has 1 saturated carbocycles. The molecule has 4 rings (SSSR count). The van der Waals surface area contributed by atoms with Gasteiger partial charge in [0.15, 0.2) is 0 Å². The largest absolute Gasteiger partial charge is 0.419 e. The minimum Gasteiger partial charge on any atom is -0.383 e. The van der Waals surface area contributed by atoms with E-state index in [4.69, 9.17) is 11.0 Å². The molecule has 166 valence electrons. The van der Waals surface area contributed by atoms with Gasteiger partial charge >= 0.3 is 6.18 Å². The predicted molar refractivity (Wildman–Crippen MR) is 111 cm³/mol. The van der Waals surface area contributed by atoms with Gasteiger partial charge in [-0.1, -0.05) is 6.92 Å². The van der Waals surface area contributed by atoms with Gasteiger partial charge < -0.3 is 5.73 Å². The van der Waals surface area contributed by atoms with Gasteiger partial charge in [-0.25, -0.2) is 4.98 Å². The Balaban J connectivity index is 1.64. The molecule has 9 heteroatoms. The Kier molecular flexibility index (Phi) is 5.46. The fourth-order valence-electron chi connectivity index (χ4n) is 4.90. The third-order valence-corrected chi connectivity index (χ3v) is 6.62. The van der Waals surface area contributed by atoms with Crippen molar-refractivity contribution in [2.45, 2.75) is 57.8 Å². The van der Waals surface area contributed by atoms with Crippen LogP contribution in [0.25, 0.3) is 11.3 Å². The van der Waals surface area contributed by atoms with Crippen molar-refractivity contribution in [3.05, 3.63) is 29.6 Å². The van der Waals surface area contributed by atoms with E-state index in [1.165, 1.54) is 6.20 Å². The number of hydrogen-bond donors (Lipinski definition) is 1. The topological polar surface area (TPSA) is 83.8 Å². The molecule has 0 amide bonds. The van der Waals surface area contributed by atoms with Gasteiger partial charge in [-0.05, 0) is 44.7 Å². The zero-order valence-corrected chi connectivity index (χ0v) is 17.9. The molecule has 2 N–H and O–H groups in total. The summed E-state index contributed by atoms with van der Waals surface area (Å²) in [5, 5.41) is 13.7. The van der Waals surface area contributed by atoms with Crippen LogP contribution >= 0.6 is 0 Å². The summed E-state index contributed by atoms with van der Waals surface area (Å²) in [6.07, 6.45) is -1.21. The summed E-state index contributed by atoms with van der Waals surface area (Å²) in [7, 11) is 0. The number of nitriles is 1. The third kappa shape index (κ3) is 4.01. The van der Waals surface area contributed by atoms with Crippen LogP contribution in [0, 0.1) is 23.2 Å². The molecule has 1 unspecified atom stereocenters. The van der Waals surface area contributed by atoms with Crippen molar-refractivity contribution in [1.82, 2.24) is 19.7 Å². The van der Waals surface area contributed by atoms with Crippen molar-refractivity contribution in [2.75, 3.05) is 18.8 Å². The number of alkyl halides is 3. The molecular weight excluding hydrogens is 405 g/mol. The molecular formula is C22H27F3N6. The van der Waals surface area contributed by atoms with E-state index in [-0.39, 0.29) is 17.9 Å². The summed E-state index contributed by atoms with van der Waals surface area (Å²) < 4.78 is 41.8. The number of halogens is 3. The average Bonchev–Trinajstić information content (AvgIpc) is 3.24. The quantitative estimate of drug-likeness (QED) is 0.771. The fraction of sp³-hybridized carbons (Fsp3) is 0.591. The predicted octanol–water partition coefficient (Wildman–Crippen LogP) is 4.46. The first-order valence-electron chi connectivity index (χ1n) is 10.6. The van der Waals surface area contributed by atoms with Gasteiger partial charge in [0.05, 0.1) is 23.2 Å². The molecule has 6 nitrogen and oxygen atoms in total. The minimum absolute atomic E-state index is 0.0748. The van der Waals surface area contributed by atoms with Crippen molar-refractivity contribution in [3.8, 4) is 17.3 Å². The van der Waals surface area contributed by atoms with Crippen LogP contribution in [0.2, 0.25) is 0 Å². The Bertz CT molecular complexity index is 1000. The van der Waals surface area contributed by atoms with Gasteiger partial charge in [0.1, 0.15) is 5.82 Å². The molecule has 0 aromatic carbocycles. The first kappa shape index (κ1) is 21.6. The fourth-order valence-corrected chi connectivity index (χ4v) is 4.90. The molecule has 2 aliphatic rings. The van der Waals surface area contributed by atoms with E-state index >= 15 is 0 Å². The van der Waals surface area contributed by atoms with Crippen LogP contribution in [0.4, 0.5) is 19.0 Å². The standard InChI is InChI=1S/C22H27F3N6/c1-12(2)31-20(17-6-16(4-13(17)3)30-10-14(8-26)11-30)7-19(29-31)15-5-18(22(23,24)25)21(27)28-9-15/h5,7,9,12-14,16-17H,4,6,10-11H2,1-3H3,(H2,27,28)/t13-,16?,17-/m0/s1. The molecule has 0 spiro atoms. The highest BCUT2D eigenvalue weighted by Gasteiger charge is 2.41. The summed E-state index contributed by atoms with van der Waals surface area (Å²) in [5.41, 5.74) is 6.35. The first-order chi connectivity index (χ1) is 14.6. The lowest BCUT2D eigenvalue weighted by molar-refractivity contribution is -0.137. The Morgan fingerprint density at radius 1 is 1.23 bits per heavy atom. The van der Waals surface area contributed by atoms with E-state index in [0.29, 0.717) is 23.2 Å². The summed E-state index contributed by atoms with van der Waals surface area (Å²) in [6, 6.07) is 5.76. The molecule has 0 radical (unpaired) electrons. The van der Waals surface area contributed by atoms with E-state index in [1.807, 2.05) is 24.6 Å². The van der Waals surface area contributed by atoms with E-state index in [9.17, 15) is 13.2 Å². The summed E-state index contributed by atoms with van der Waals surface area (Å²) >= 11 is 0. The van der Waals surface area contributed by atoms with Crippen molar-refractivity contribution < 1.29 is 13.2 Å². The van der Waals surface area contributed by atoms with Crippen LogP contribution < -0.4 is 5.73 Å². The van der Waals surface area contributed by atoms with Crippen molar-refractivity contribution in [3.63, 3.8) is 0 Å². The van der Waals surface area contributed by atoms with Crippen molar-refractivity contribution in [2.24, 2.45) is 11.8 Å². The molecule has 2 aromatic heterocycles. The number of nitrogens with two attached hydrogens (primary N) is 1.